The summed E-state index contributed by atoms with van der Waals surface area (Å²) < 4.78 is 5.53. The third-order valence-electron chi connectivity index (χ3n) is 3.73. The fourth-order valence-electron chi connectivity index (χ4n) is 2.66. The van der Waals surface area contributed by atoms with Crippen molar-refractivity contribution in [1.29, 1.82) is 0 Å². The van der Waals surface area contributed by atoms with Crippen molar-refractivity contribution in [3.8, 4) is 5.75 Å². The zero-order valence-corrected chi connectivity index (χ0v) is 12.1. The van der Waals surface area contributed by atoms with Gasteiger partial charge in [-0.25, -0.2) is 0 Å². The summed E-state index contributed by atoms with van der Waals surface area (Å²) in [6, 6.07) is 8.23. The van der Waals surface area contributed by atoms with Crippen molar-refractivity contribution in [2.24, 2.45) is 0 Å². The lowest BCUT2D eigenvalue weighted by Gasteiger charge is -2.41. The number of ketones is 1. The number of hydrogen-bond donors (Lipinski definition) is 0. The lowest BCUT2D eigenvalue weighted by atomic mass is 9.89. The molecule has 19 heavy (non-hydrogen) atoms. The fourth-order valence-corrected chi connectivity index (χ4v) is 2.66. The summed E-state index contributed by atoms with van der Waals surface area (Å²) in [5, 5.41) is 0. The van der Waals surface area contributed by atoms with Crippen LogP contribution in [0.3, 0.4) is 0 Å². The molecule has 0 unspecified atom stereocenters. The molecule has 3 heteroatoms. The van der Waals surface area contributed by atoms with Crippen LogP contribution in [-0.2, 0) is 11.3 Å². The Bertz CT molecular complexity index is 454. The third kappa shape index (κ3) is 3.57. The molecule has 0 N–H and O–H groups in total. The van der Waals surface area contributed by atoms with Crippen LogP contribution in [0.25, 0.3) is 0 Å². The summed E-state index contributed by atoms with van der Waals surface area (Å²) >= 11 is 0. The number of benzene rings is 1. The van der Waals surface area contributed by atoms with Gasteiger partial charge < -0.3 is 4.74 Å². The summed E-state index contributed by atoms with van der Waals surface area (Å²) in [6.07, 6.45) is 1.33. The van der Waals surface area contributed by atoms with Gasteiger partial charge in [0.2, 0.25) is 0 Å². The Morgan fingerprint density at radius 1 is 1.37 bits per heavy atom. The van der Waals surface area contributed by atoms with E-state index in [9.17, 15) is 4.79 Å². The summed E-state index contributed by atoms with van der Waals surface area (Å²) in [5.41, 5.74) is 1.20. The Balaban J connectivity index is 2.08. The van der Waals surface area contributed by atoms with E-state index in [0.717, 1.165) is 18.8 Å². The van der Waals surface area contributed by atoms with E-state index >= 15 is 0 Å². The fraction of sp³-hybridized carbons (Fsp3) is 0.562. The second-order valence-corrected chi connectivity index (χ2v) is 5.78. The van der Waals surface area contributed by atoms with Crippen molar-refractivity contribution in [3.05, 3.63) is 29.8 Å². The van der Waals surface area contributed by atoms with Crippen molar-refractivity contribution in [2.75, 3.05) is 13.2 Å². The first kappa shape index (κ1) is 14.1. The highest BCUT2D eigenvalue weighted by atomic mass is 16.5. The van der Waals surface area contributed by atoms with E-state index in [2.05, 4.69) is 30.9 Å². The van der Waals surface area contributed by atoms with E-state index in [1.165, 1.54) is 5.56 Å². The molecule has 0 radical (unpaired) electrons. The Morgan fingerprint density at radius 3 is 2.84 bits per heavy atom. The van der Waals surface area contributed by atoms with Gasteiger partial charge in [0, 0.05) is 31.5 Å². The van der Waals surface area contributed by atoms with Crippen LogP contribution < -0.4 is 4.74 Å². The Kier molecular flexibility index (Phi) is 4.25. The molecule has 0 amide bonds. The number of piperidine rings is 1. The van der Waals surface area contributed by atoms with E-state index in [1.807, 2.05) is 19.1 Å². The van der Waals surface area contributed by atoms with Gasteiger partial charge in [0.1, 0.15) is 11.5 Å². The monoisotopic (exact) mass is 261 g/mol. The normalized spacial score (nSPS) is 19.4. The van der Waals surface area contributed by atoms with Crippen LogP contribution >= 0.6 is 0 Å². The zero-order valence-electron chi connectivity index (χ0n) is 12.1. The van der Waals surface area contributed by atoms with Gasteiger partial charge in [-0.1, -0.05) is 12.1 Å². The first-order chi connectivity index (χ1) is 9.01. The van der Waals surface area contributed by atoms with Crippen molar-refractivity contribution < 1.29 is 9.53 Å². The van der Waals surface area contributed by atoms with Gasteiger partial charge in [-0.05, 0) is 38.5 Å². The molecule has 1 aliphatic rings. The predicted molar refractivity (Wildman–Crippen MR) is 76.3 cm³/mol. The second-order valence-electron chi connectivity index (χ2n) is 5.78. The molecular weight excluding hydrogens is 238 g/mol. The lowest BCUT2D eigenvalue weighted by molar-refractivity contribution is -0.125. The van der Waals surface area contributed by atoms with Gasteiger partial charge in [0.15, 0.2) is 0 Å². The van der Waals surface area contributed by atoms with Gasteiger partial charge in [-0.2, -0.15) is 0 Å². The zero-order chi connectivity index (χ0) is 13.9. The minimum Gasteiger partial charge on any atom is -0.494 e. The Labute approximate surface area is 115 Å². The minimum atomic E-state index is -0.0447. The highest BCUT2D eigenvalue weighted by molar-refractivity contribution is 5.80. The van der Waals surface area contributed by atoms with Gasteiger partial charge in [0.25, 0.3) is 0 Å². The molecule has 1 saturated heterocycles. The van der Waals surface area contributed by atoms with Crippen LogP contribution in [0.5, 0.6) is 5.75 Å². The molecule has 0 bridgehead atoms. The molecule has 2 rings (SSSR count). The van der Waals surface area contributed by atoms with Crippen LogP contribution in [0.15, 0.2) is 24.3 Å². The maximum atomic E-state index is 11.6. The molecule has 0 aromatic heterocycles. The summed E-state index contributed by atoms with van der Waals surface area (Å²) in [6.45, 7) is 8.71. The molecule has 0 saturated carbocycles. The van der Waals surface area contributed by atoms with Gasteiger partial charge >= 0.3 is 0 Å². The summed E-state index contributed by atoms with van der Waals surface area (Å²) in [5.74, 6) is 1.30. The van der Waals surface area contributed by atoms with Gasteiger partial charge in [-0.3, -0.25) is 9.69 Å². The Hall–Kier alpha value is -1.35. The predicted octanol–water partition coefficient (Wildman–Crippen LogP) is 3.03. The van der Waals surface area contributed by atoms with E-state index in [-0.39, 0.29) is 5.54 Å². The van der Waals surface area contributed by atoms with E-state index in [1.54, 1.807) is 0 Å². The molecule has 0 aliphatic carbocycles. The van der Waals surface area contributed by atoms with Crippen LogP contribution in [-0.4, -0.2) is 29.4 Å². The molecule has 3 nitrogen and oxygen atoms in total. The maximum absolute atomic E-state index is 11.6. The molecule has 1 aromatic rings. The number of hydrogen-bond acceptors (Lipinski definition) is 3. The number of Topliss-reactive ketones (excluding diaryl/α,β-unsaturated/α-hetero) is 1. The van der Waals surface area contributed by atoms with Crippen LogP contribution in [0.1, 0.15) is 39.2 Å². The second kappa shape index (κ2) is 5.74. The van der Waals surface area contributed by atoms with Crippen molar-refractivity contribution >= 4 is 5.78 Å². The van der Waals surface area contributed by atoms with Gasteiger partial charge in [-0.15, -0.1) is 0 Å². The van der Waals surface area contributed by atoms with Crippen molar-refractivity contribution in [2.45, 2.75) is 45.7 Å². The average molecular weight is 261 g/mol. The van der Waals surface area contributed by atoms with Crippen LogP contribution in [0.2, 0.25) is 0 Å². The quantitative estimate of drug-likeness (QED) is 0.834. The van der Waals surface area contributed by atoms with E-state index in [4.69, 9.17) is 4.74 Å². The molecule has 0 spiro atoms. The smallest absolute Gasteiger partial charge is 0.136 e. The van der Waals surface area contributed by atoms with Crippen molar-refractivity contribution in [3.63, 3.8) is 0 Å². The number of nitrogens with zero attached hydrogens (tertiary/aromatic N) is 1. The number of ether oxygens (including phenoxy) is 1. The number of rotatable bonds is 4. The summed E-state index contributed by atoms with van der Waals surface area (Å²) in [4.78, 5) is 14.0. The molecule has 0 atom stereocenters. The molecule has 1 aliphatic heterocycles. The minimum absolute atomic E-state index is 0.0447. The molecular formula is C16H23NO2. The standard InChI is InChI=1S/C16H23NO2/c1-4-19-15-7-5-6-13(10-15)12-17-9-8-14(18)11-16(17,2)3/h5-7,10H,4,8-9,11-12H2,1-3H3. The average Bonchev–Trinajstić information content (AvgIpc) is 2.33. The molecule has 1 aromatic carbocycles. The van der Waals surface area contributed by atoms with Crippen LogP contribution in [0, 0.1) is 0 Å². The highest BCUT2D eigenvalue weighted by Gasteiger charge is 2.33. The first-order valence-corrected chi connectivity index (χ1v) is 7.00. The largest absolute Gasteiger partial charge is 0.494 e. The highest BCUT2D eigenvalue weighted by Crippen LogP contribution is 2.27. The third-order valence-corrected chi connectivity index (χ3v) is 3.73. The number of likely N-dealkylation sites (tertiary alicyclic amines) is 1. The maximum Gasteiger partial charge on any atom is 0.136 e. The van der Waals surface area contributed by atoms with Crippen LogP contribution in [0.4, 0.5) is 0 Å². The topological polar surface area (TPSA) is 29.5 Å². The first-order valence-electron chi connectivity index (χ1n) is 7.00. The van der Waals surface area contributed by atoms with E-state index in [0.29, 0.717) is 25.2 Å². The summed E-state index contributed by atoms with van der Waals surface area (Å²) in [7, 11) is 0. The number of carbonyl (C=O) groups excluding carboxylic acids is 1. The van der Waals surface area contributed by atoms with Gasteiger partial charge in [0.05, 0.1) is 6.61 Å². The SMILES string of the molecule is CCOc1cccc(CN2CCC(=O)CC2(C)C)c1. The Morgan fingerprint density at radius 2 is 2.16 bits per heavy atom. The molecule has 104 valence electrons. The lowest BCUT2D eigenvalue weighted by Crippen LogP contribution is -2.49. The van der Waals surface area contributed by atoms with E-state index < -0.39 is 0 Å². The molecule has 1 heterocycles. The number of carbonyl (C=O) groups is 1. The molecule has 1 fully saturated rings. The van der Waals surface area contributed by atoms with Crippen molar-refractivity contribution in [1.82, 2.24) is 4.90 Å².